The van der Waals surface area contributed by atoms with E-state index in [0.717, 1.165) is 53.9 Å². The summed E-state index contributed by atoms with van der Waals surface area (Å²) in [7, 11) is 0. The van der Waals surface area contributed by atoms with Crippen LogP contribution in [0, 0.1) is 0 Å². The molecule has 2 amide bonds. The maximum absolute atomic E-state index is 13.1. The number of aromatic amines is 1. The van der Waals surface area contributed by atoms with Gasteiger partial charge in [-0.05, 0) is 77.3 Å². The van der Waals surface area contributed by atoms with Crippen molar-refractivity contribution >= 4 is 46.5 Å². The van der Waals surface area contributed by atoms with Crippen LogP contribution < -0.4 is 20.7 Å². The molecule has 6 rings (SSSR count). The molecule has 0 bridgehead atoms. The Morgan fingerprint density at radius 3 is 2.56 bits per heavy atom. The number of nitrogens with one attached hydrogen (secondary N) is 2. The molecule has 0 unspecified atom stereocenters. The lowest BCUT2D eigenvalue weighted by Crippen LogP contribution is -2.42. The molecule has 0 saturated carbocycles. The van der Waals surface area contributed by atoms with Crippen molar-refractivity contribution in [3.8, 4) is 11.1 Å². The predicted octanol–water partition coefficient (Wildman–Crippen LogP) is 2.55. The first kappa shape index (κ1) is 33.9. The Bertz CT molecular complexity index is 1930. The smallest absolute Gasteiger partial charge is 0.410 e. The lowest BCUT2D eigenvalue weighted by molar-refractivity contribution is -0.676. The fourth-order valence-corrected chi connectivity index (χ4v) is 6.09. The number of rotatable bonds is 7. The number of nitrogens with two attached hydrogens (primary N) is 1. The quantitative estimate of drug-likeness (QED) is 0.174. The fraction of sp³-hybridized carbons (Fsp3) is 0.424. The van der Waals surface area contributed by atoms with Gasteiger partial charge in [-0.3, -0.25) is 9.48 Å². The summed E-state index contributed by atoms with van der Waals surface area (Å²) < 4.78 is 12.0. The summed E-state index contributed by atoms with van der Waals surface area (Å²) in [4.78, 5) is 47.3. The van der Waals surface area contributed by atoms with E-state index >= 15 is 0 Å². The van der Waals surface area contributed by atoms with Gasteiger partial charge in [0.15, 0.2) is 28.2 Å². The average molecular weight is 659 g/mol. The van der Waals surface area contributed by atoms with E-state index in [2.05, 4.69) is 67.6 Å². The van der Waals surface area contributed by atoms with Gasteiger partial charge in [0, 0.05) is 37.5 Å². The van der Waals surface area contributed by atoms with Gasteiger partial charge in [0.25, 0.3) is 11.7 Å². The summed E-state index contributed by atoms with van der Waals surface area (Å²) >= 11 is 0. The molecule has 15 heteroatoms. The van der Waals surface area contributed by atoms with E-state index in [4.69, 9.17) is 25.5 Å². The van der Waals surface area contributed by atoms with Crippen LogP contribution in [0.5, 0.6) is 0 Å². The van der Waals surface area contributed by atoms with Crippen molar-refractivity contribution in [3.63, 3.8) is 0 Å². The Balaban J connectivity index is 0.00000145. The van der Waals surface area contributed by atoms with Crippen molar-refractivity contribution in [2.45, 2.75) is 78.7 Å². The topological polar surface area (TPSA) is 193 Å². The van der Waals surface area contributed by atoms with E-state index in [-0.39, 0.29) is 29.6 Å². The summed E-state index contributed by atoms with van der Waals surface area (Å²) in [5.41, 5.74) is 11.0. The normalized spacial score (nSPS) is 13.7. The van der Waals surface area contributed by atoms with Gasteiger partial charge in [0.2, 0.25) is 0 Å². The van der Waals surface area contributed by atoms with E-state index in [1.165, 1.54) is 0 Å². The average Bonchev–Trinajstić information content (AvgIpc) is 3.79. The maximum atomic E-state index is 13.1. The van der Waals surface area contributed by atoms with Crippen LogP contribution in [0.3, 0.4) is 0 Å². The molecule has 48 heavy (non-hydrogen) atoms. The predicted molar refractivity (Wildman–Crippen MR) is 176 cm³/mol. The Morgan fingerprint density at radius 1 is 1.17 bits per heavy atom. The summed E-state index contributed by atoms with van der Waals surface area (Å²) in [6.45, 7) is 12.4. The molecule has 5 heterocycles. The lowest BCUT2D eigenvalue weighted by atomic mass is 10.1. The number of fused-ring (bicyclic) bond motifs is 2. The fourth-order valence-electron chi connectivity index (χ4n) is 6.09. The summed E-state index contributed by atoms with van der Waals surface area (Å²) in [5, 5.41) is 16.0. The van der Waals surface area contributed by atoms with Gasteiger partial charge in [-0.1, -0.05) is 0 Å². The first-order chi connectivity index (χ1) is 23.0. The number of ether oxygens (including phenoxy) is 1. The molecule has 1 aliphatic rings. The Labute approximate surface area is 277 Å². The first-order valence-corrected chi connectivity index (χ1v) is 16.0. The number of carbonyl (C=O) groups excluding carboxylic acids is 3. The third kappa shape index (κ3) is 7.09. The molecule has 4 aromatic heterocycles. The number of nitrogen functional groups attached to an aromatic ring is 1. The summed E-state index contributed by atoms with van der Waals surface area (Å²) in [5.74, 6) is 0.687. The minimum atomic E-state index is -0.503. The maximum Gasteiger partial charge on any atom is 0.410 e. The number of H-pyrrole nitrogens is 1. The first-order valence-electron chi connectivity index (χ1n) is 16.0. The number of benzene rings is 1. The number of hydrogen-bond acceptors (Lipinski definition) is 9. The molecule has 0 aliphatic carbocycles. The highest BCUT2D eigenvalue weighted by Gasteiger charge is 2.29. The Kier molecular flexibility index (Phi) is 9.96. The van der Waals surface area contributed by atoms with Gasteiger partial charge in [-0.15, -0.1) is 0 Å². The molecule has 254 valence electrons. The SMILES string of the molecule is CCn1c(CNC(=O)c2nc3cc[nH]c3nc2N)[n+](CC)c2ccc(-c3cnn(C4CCN(C(=O)OC(C)(C)C)CC4)c3)cc21.O=C[O-]. The number of imidazole rings is 1. The number of nitrogens with zero attached hydrogens (tertiary/aromatic N) is 7. The summed E-state index contributed by atoms with van der Waals surface area (Å²) in [6.07, 6.45) is 7.10. The minimum absolute atomic E-state index is 0.0839. The van der Waals surface area contributed by atoms with E-state index in [0.29, 0.717) is 30.8 Å². The molecule has 15 nitrogen and oxygen atoms in total. The van der Waals surface area contributed by atoms with Crippen molar-refractivity contribution in [1.82, 2.24) is 39.5 Å². The van der Waals surface area contributed by atoms with E-state index in [1.807, 2.05) is 31.6 Å². The highest BCUT2D eigenvalue weighted by molar-refractivity contribution is 5.98. The standard InChI is InChI=1S/C32H40N10O3.CH2O2/c1-6-40-24-9-8-20(21-17-36-42(19-21)22-11-14-39(15-12-22)31(44)45-32(3,4)5)16-25(24)41(7-2)26(40)18-35-30(43)27-28(33)38-29-23(37-27)10-13-34-29;2-1-3/h8-10,13,16-17,19,22H,6-7,11-12,14-15,18H2,1-5H3,(H3-,33,34,35,37,38,43);1H,(H,2,3). The zero-order valence-electron chi connectivity index (χ0n) is 27.9. The van der Waals surface area contributed by atoms with Crippen molar-refractivity contribution in [1.29, 1.82) is 0 Å². The Morgan fingerprint density at radius 2 is 1.90 bits per heavy atom. The second kappa shape index (κ2) is 14.1. The molecule has 1 fully saturated rings. The number of anilines is 1. The second-order valence-electron chi connectivity index (χ2n) is 12.5. The molecule has 5 aromatic rings. The monoisotopic (exact) mass is 658 g/mol. The van der Waals surface area contributed by atoms with Crippen LogP contribution in [0.25, 0.3) is 33.3 Å². The molecule has 0 radical (unpaired) electrons. The number of likely N-dealkylation sites (tertiary alicyclic amines) is 1. The zero-order valence-corrected chi connectivity index (χ0v) is 27.9. The van der Waals surface area contributed by atoms with Crippen molar-refractivity contribution in [2.24, 2.45) is 0 Å². The third-order valence-electron chi connectivity index (χ3n) is 8.27. The van der Waals surface area contributed by atoms with Crippen molar-refractivity contribution < 1.29 is 28.8 Å². The number of amides is 2. The molecule has 0 spiro atoms. The molecule has 0 atom stereocenters. The number of piperidine rings is 1. The molecular weight excluding hydrogens is 616 g/mol. The number of aromatic nitrogens is 7. The van der Waals surface area contributed by atoms with E-state index in [9.17, 15) is 9.59 Å². The molecule has 1 aliphatic heterocycles. The van der Waals surface area contributed by atoms with Crippen LogP contribution in [0.4, 0.5) is 10.6 Å². The molecule has 4 N–H and O–H groups in total. The van der Waals surface area contributed by atoms with Crippen molar-refractivity contribution in [2.75, 3.05) is 18.8 Å². The lowest BCUT2D eigenvalue weighted by Gasteiger charge is -2.33. The number of hydrogen-bond donors (Lipinski definition) is 3. The van der Waals surface area contributed by atoms with Crippen LogP contribution in [0.2, 0.25) is 0 Å². The van der Waals surface area contributed by atoms with Gasteiger partial charge < -0.3 is 35.6 Å². The summed E-state index contributed by atoms with van der Waals surface area (Å²) in [6, 6.07) is 8.41. The largest absolute Gasteiger partial charge is 0.554 e. The molecule has 1 saturated heterocycles. The third-order valence-corrected chi connectivity index (χ3v) is 8.27. The van der Waals surface area contributed by atoms with Gasteiger partial charge in [0.05, 0.1) is 25.3 Å². The van der Waals surface area contributed by atoms with E-state index < -0.39 is 12.1 Å². The highest BCUT2D eigenvalue weighted by atomic mass is 16.6. The minimum Gasteiger partial charge on any atom is -0.554 e. The number of carbonyl (C=O) groups is 3. The number of carboxylic acid groups (broad SMARTS) is 1. The van der Waals surface area contributed by atoms with Gasteiger partial charge in [0.1, 0.15) is 17.7 Å². The van der Waals surface area contributed by atoms with Crippen LogP contribution in [0.15, 0.2) is 42.9 Å². The van der Waals surface area contributed by atoms with Gasteiger partial charge in [-0.25, -0.2) is 23.9 Å². The number of aryl methyl sites for hydroxylation is 2. The van der Waals surface area contributed by atoms with Crippen LogP contribution in [-0.2, 0) is 29.2 Å². The molecular formula is C33H42N10O5. The van der Waals surface area contributed by atoms with Crippen LogP contribution in [-0.4, -0.2) is 71.4 Å². The van der Waals surface area contributed by atoms with Crippen LogP contribution in [0.1, 0.15) is 69.8 Å². The zero-order chi connectivity index (χ0) is 34.6. The van der Waals surface area contributed by atoms with Gasteiger partial charge >= 0.3 is 6.09 Å². The highest BCUT2D eigenvalue weighted by Crippen LogP contribution is 2.28. The van der Waals surface area contributed by atoms with E-state index in [1.54, 1.807) is 17.2 Å². The Hall–Kier alpha value is -5.47. The second-order valence-corrected chi connectivity index (χ2v) is 12.5. The van der Waals surface area contributed by atoms with Gasteiger partial charge in [-0.2, -0.15) is 5.10 Å². The molecule has 1 aromatic carbocycles. The van der Waals surface area contributed by atoms with Crippen molar-refractivity contribution in [3.05, 3.63) is 54.4 Å². The van der Waals surface area contributed by atoms with Crippen LogP contribution >= 0.6 is 0 Å².